The van der Waals surface area contributed by atoms with Crippen molar-refractivity contribution in [1.29, 1.82) is 0 Å². The first-order valence-electron chi connectivity index (χ1n) is 6.84. The number of benzene rings is 2. The van der Waals surface area contributed by atoms with Crippen molar-refractivity contribution in [2.45, 2.75) is 13.8 Å². The Morgan fingerprint density at radius 1 is 1.09 bits per heavy atom. The number of carbonyl (C=O) groups is 1. The summed E-state index contributed by atoms with van der Waals surface area (Å²) in [5.74, 6) is 0.204. The summed E-state index contributed by atoms with van der Waals surface area (Å²) in [5.41, 5.74) is 3.57. The Hall–Kier alpha value is -2.40. The maximum Gasteiger partial charge on any atom is 0.261 e. The van der Waals surface area contributed by atoms with Crippen molar-refractivity contribution in [3.63, 3.8) is 0 Å². The number of methoxy groups -OCH3 is 1. The van der Waals surface area contributed by atoms with Gasteiger partial charge in [-0.25, -0.2) is 0 Å². The predicted octanol–water partition coefficient (Wildman–Crippen LogP) is 3.44. The van der Waals surface area contributed by atoms with Crippen molar-refractivity contribution in [3.05, 3.63) is 59.2 Å². The first-order valence-corrected chi connectivity index (χ1v) is 7.25. The molecule has 0 saturated carbocycles. The van der Waals surface area contributed by atoms with Gasteiger partial charge in [0.05, 0.1) is 12.7 Å². The average molecular weight is 314 g/mol. The summed E-state index contributed by atoms with van der Waals surface area (Å²) < 4.78 is 5.18. The van der Waals surface area contributed by atoms with Crippen LogP contribution in [0.3, 0.4) is 0 Å². The molecule has 2 N–H and O–H groups in total. The van der Waals surface area contributed by atoms with Gasteiger partial charge in [0, 0.05) is 5.69 Å². The van der Waals surface area contributed by atoms with Crippen LogP contribution in [0.2, 0.25) is 0 Å². The van der Waals surface area contributed by atoms with Gasteiger partial charge in [-0.1, -0.05) is 24.3 Å². The normalized spacial score (nSPS) is 9.95. The minimum atomic E-state index is -0.305. The Morgan fingerprint density at radius 3 is 2.55 bits per heavy atom. The highest BCUT2D eigenvalue weighted by atomic mass is 32.1. The van der Waals surface area contributed by atoms with E-state index in [2.05, 4.69) is 10.6 Å². The lowest BCUT2D eigenvalue weighted by Gasteiger charge is -2.14. The van der Waals surface area contributed by atoms with Crippen LogP contribution < -0.4 is 15.4 Å². The maximum absolute atomic E-state index is 12.3. The van der Waals surface area contributed by atoms with Gasteiger partial charge >= 0.3 is 0 Å². The molecule has 0 atom stereocenters. The summed E-state index contributed by atoms with van der Waals surface area (Å²) in [6.45, 7) is 4.03. The third kappa shape index (κ3) is 3.62. The van der Waals surface area contributed by atoms with Crippen LogP contribution in [-0.4, -0.2) is 18.1 Å². The molecule has 0 fully saturated rings. The number of hydrogen-bond acceptors (Lipinski definition) is 3. The molecule has 0 unspecified atom stereocenters. The number of rotatable bonds is 3. The predicted molar refractivity (Wildman–Crippen MR) is 92.6 cm³/mol. The molecule has 5 heteroatoms. The summed E-state index contributed by atoms with van der Waals surface area (Å²) in [5, 5.41) is 5.97. The van der Waals surface area contributed by atoms with Gasteiger partial charge in [-0.3, -0.25) is 10.1 Å². The smallest absolute Gasteiger partial charge is 0.261 e. The minimum absolute atomic E-state index is 0.254. The lowest BCUT2D eigenvalue weighted by molar-refractivity contribution is 0.0975. The molecule has 2 rings (SSSR count). The van der Waals surface area contributed by atoms with E-state index in [0.29, 0.717) is 11.3 Å². The summed E-state index contributed by atoms with van der Waals surface area (Å²) in [4.78, 5) is 12.3. The van der Waals surface area contributed by atoms with E-state index in [1.165, 1.54) is 7.11 Å². The van der Waals surface area contributed by atoms with Crippen LogP contribution in [0.25, 0.3) is 0 Å². The zero-order valence-corrected chi connectivity index (χ0v) is 13.6. The van der Waals surface area contributed by atoms with Gasteiger partial charge in [0.1, 0.15) is 5.75 Å². The second-order valence-corrected chi connectivity index (χ2v) is 5.26. The van der Waals surface area contributed by atoms with Gasteiger partial charge in [-0.05, 0) is 55.4 Å². The van der Waals surface area contributed by atoms with Crippen molar-refractivity contribution >= 4 is 28.9 Å². The summed E-state index contributed by atoms with van der Waals surface area (Å²) in [6, 6.07) is 12.9. The molecule has 0 heterocycles. The zero-order valence-electron chi connectivity index (χ0n) is 12.8. The quantitative estimate of drug-likeness (QED) is 0.852. The largest absolute Gasteiger partial charge is 0.496 e. The van der Waals surface area contributed by atoms with Gasteiger partial charge in [0.2, 0.25) is 0 Å². The van der Waals surface area contributed by atoms with Crippen LogP contribution in [0.4, 0.5) is 5.69 Å². The van der Waals surface area contributed by atoms with Crippen LogP contribution in [0.1, 0.15) is 21.5 Å². The lowest BCUT2D eigenvalue weighted by Crippen LogP contribution is -2.34. The molecule has 0 aromatic heterocycles. The molecule has 0 saturated heterocycles. The van der Waals surface area contributed by atoms with Crippen molar-refractivity contribution in [1.82, 2.24) is 5.32 Å². The molecule has 114 valence electrons. The number of nitrogens with one attached hydrogen (secondary N) is 2. The molecule has 0 radical (unpaired) electrons. The Labute approximate surface area is 135 Å². The summed E-state index contributed by atoms with van der Waals surface area (Å²) in [6.07, 6.45) is 0. The molecule has 0 aliphatic carbocycles. The van der Waals surface area contributed by atoms with E-state index in [-0.39, 0.29) is 11.0 Å². The average Bonchev–Trinajstić information content (AvgIpc) is 2.51. The number of anilines is 1. The lowest BCUT2D eigenvalue weighted by atomic mass is 10.1. The van der Waals surface area contributed by atoms with E-state index < -0.39 is 0 Å². The Kier molecular flexibility index (Phi) is 5.12. The van der Waals surface area contributed by atoms with E-state index in [9.17, 15) is 4.79 Å². The van der Waals surface area contributed by atoms with Gasteiger partial charge in [0.15, 0.2) is 5.11 Å². The fraction of sp³-hybridized carbons (Fsp3) is 0.176. The fourth-order valence-electron chi connectivity index (χ4n) is 2.04. The van der Waals surface area contributed by atoms with Crippen molar-refractivity contribution < 1.29 is 9.53 Å². The second kappa shape index (κ2) is 7.04. The van der Waals surface area contributed by atoms with E-state index in [1.807, 2.05) is 38.1 Å². The number of aryl methyl sites for hydroxylation is 1. The van der Waals surface area contributed by atoms with Crippen LogP contribution in [0.5, 0.6) is 5.75 Å². The summed E-state index contributed by atoms with van der Waals surface area (Å²) >= 11 is 5.21. The third-order valence-corrected chi connectivity index (χ3v) is 3.64. The van der Waals surface area contributed by atoms with E-state index in [0.717, 1.165) is 16.8 Å². The highest BCUT2D eigenvalue weighted by molar-refractivity contribution is 7.80. The molecule has 22 heavy (non-hydrogen) atoms. The first kappa shape index (κ1) is 16.0. The molecule has 0 aliphatic heterocycles. The van der Waals surface area contributed by atoms with Crippen LogP contribution >= 0.6 is 12.2 Å². The van der Waals surface area contributed by atoms with Gasteiger partial charge in [0.25, 0.3) is 5.91 Å². The molecule has 1 amide bonds. The molecule has 4 nitrogen and oxygen atoms in total. The number of carbonyl (C=O) groups excluding carboxylic acids is 1. The number of hydrogen-bond donors (Lipinski definition) is 2. The van der Waals surface area contributed by atoms with Crippen LogP contribution in [0, 0.1) is 13.8 Å². The fourth-order valence-corrected chi connectivity index (χ4v) is 2.25. The Balaban J connectivity index is 2.09. The Morgan fingerprint density at radius 2 is 1.82 bits per heavy atom. The maximum atomic E-state index is 12.3. The Bertz CT molecular complexity index is 714. The molecule has 2 aromatic rings. The summed E-state index contributed by atoms with van der Waals surface area (Å²) in [7, 11) is 1.53. The van der Waals surface area contributed by atoms with Gasteiger partial charge in [-0.2, -0.15) is 0 Å². The number of ether oxygens (including phenoxy) is 1. The highest BCUT2D eigenvalue weighted by Gasteiger charge is 2.13. The molecule has 2 aromatic carbocycles. The zero-order chi connectivity index (χ0) is 16.1. The second-order valence-electron chi connectivity index (χ2n) is 4.86. The highest BCUT2D eigenvalue weighted by Crippen LogP contribution is 2.19. The van der Waals surface area contributed by atoms with E-state index in [1.54, 1.807) is 18.2 Å². The number of para-hydroxylation sites is 1. The number of thiocarbonyl (C=S) groups is 1. The topological polar surface area (TPSA) is 50.4 Å². The minimum Gasteiger partial charge on any atom is -0.496 e. The number of amides is 1. The van der Waals surface area contributed by atoms with E-state index in [4.69, 9.17) is 17.0 Å². The van der Waals surface area contributed by atoms with Crippen LogP contribution in [0.15, 0.2) is 42.5 Å². The monoisotopic (exact) mass is 314 g/mol. The molecule has 0 spiro atoms. The third-order valence-electron chi connectivity index (χ3n) is 3.43. The van der Waals surface area contributed by atoms with Crippen molar-refractivity contribution in [2.24, 2.45) is 0 Å². The molecular formula is C17H18N2O2S. The van der Waals surface area contributed by atoms with Gasteiger partial charge in [-0.15, -0.1) is 0 Å². The van der Waals surface area contributed by atoms with Crippen LogP contribution in [-0.2, 0) is 0 Å². The molecule has 0 aliphatic rings. The van der Waals surface area contributed by atoms with E-state index >= 15 is 0 Å². The van der Waals surface area contributed by atoms with Gasteiger partial charge < -0.3 is 10.1 Å². The molecule has 0 bridgehead atoms. The first-order chi connectivity index (χ1) is 10.5. The van der Waals surface area contributed by atoms with Crippen molar-refractivity contribution in [2.75, 3.05) is 12.4 Å². The SMILES string of the molecule is COc1ccccc1C(=O)NC(=S)Nc1cccc(C)c1C. The molecular weight excluding hydrogens is 296 g/mol. The van der Waals surface area contributed by atoms with Crippen molar-refractivity contribution in [3.8, 4) is 5.75 Å². The standard InChI is InChI=1S/C17H18N2O2S/c1-11-7-6-9-14(12(11)2)18-17(22)19-16(20)13-8-4-5-10-15(13)21-3/h4-10H,1-3H3,(H2,18,19,20,22).